The van der Waals surface area contributed by atoms with Crippen molar-refractivity contribution in [2.45, 2.75) is 25.4 Å². The highest BCUT2D eigenvalue weighted by Crippen LogP contribution is 2.34. The van der Waals surface area contributed by atoms with Gasteiger partial charge in [-0.15, -0.1) is 5.10 Å². The monoisotopic (exact) mass is 210 g/mol. The summed E-state index contributed by atoms with van der Waals surface area (Å²) in [5, 5.41) is 15.0. The Kier molecular flexibility index (Phi) is 3.27. The Balaban J connectivity index is 1.88. The first-order chi connectivity index (χ1) is 7.31. The lowest BCUT2D eigenvalue weighted by atomic mass is 10.4. The summed E-state index contributed by atoms with van der Waals surface area (Å²) in [6.07, 6.45) is 2.44. The van der Waals surface area contributed by atoms with Gasteiger partial charge < -0.3 is 5.32 Å². The van der Waals surface area contributed by atoms with Crippen LogP contribution in [0.25, 0.3) is 0 Å². The van der Waals surface area contributed by atoms with Crippen LogP contribution in [0.4, 0.5) is 0 Å². The fourth-order valence-electron chi connectivity index (χ4n) is 1.54. The molecular weight excluding hydrogens is 192 g/mol. The van der Waals surface area contributed by atoms with Gasteiger partial charge in [-0.05, 0) is 37.4 Å². The average Bonchev–Trinajstić information content (AvgIpc) is 2.97. The van der Waals surface area contributed by atoms with Crippen molar-refractivity contribution in [3.63, 3.8) is 0 Å². The first kappa shape index (κ1) is 10.5. The number of tetrazole rings is 1. The third-order valence-electron chi connectivity index (χ3n) is 2.61. The molecule has 0 aromatic carbocycles. The average molecular weight is 210 g/mol. The molecule has 0 aliphatic heterocycles. The highest BCUT2D eigenvalue weighted by atomic mass is 15.6. The maximum atomic E-state index is 4.07. The first-order valence-corrected chi connectivity index (χ1v) is 5.41. The molecule has 1 N–H and O–H groups in total. The van der Waals surface area contributed by atoms with Gasteiger partial charge in [0, 0.05) is 13.1 Å². The fourth-order valence-corrected chi connectivity index (χ4v) is 1.54. The zero-order chi connectivity index (χ0) is 10.7. The van der Waals surface area contributed by atoms with Crippen molar-refractivity contribution in [2.75, 3.05) is 27.2 Å². The molecule has 0 atom stereocenters. The molecule has 84 valence electrons. The summed E-state index contributed by atoms with van der Waals surface area (Å²) in [5.41, 5.74) is 0. The summed E-state index contributed by atoms with van der Waals surface area (Å²) in [7, 11) is 4.05. The Morgan fingerprint density at radius 1 is 1.53 bits per heavy atom. The molecule has 1 saturated carbocycles. The van der Waals surface area contributed by atoms with Crippen molar-refractivity contribution in [3.8, 4) is 0 Å². The molecule has 1 fully saturated rings. The Bertz CT molecular complexity index is 305. The summed E-state index contributed by atoms with van der Waals surface area (Å²) in [6, 6.07) is 0.563. The molecule has 0 saturated heterocycles. The molecule has 1 aliphatic rings. The molecule has 0 radical (unpaired) electrons. The topological polar surface area (TPSA) is 58.9 Å². The SMILES string of the molecule is CNCCN(C)Cc1nnnn1C1CC1. The number of hydrogen-bond donors (Lipinski definition) is 1. The van der Waals surface area contributed by atoms with Crippen LogP contribution in [0.3, 0.4) is 0 Å². The molecule has 6 nitrogen and oxygen atoms in total. The van der Waals surface area contributed by atoms with Gasteiger partial charge in [-0.25, -0.2) is 4.68 Å². The lowest BCUT2D eigenvalue weighted by Crippen LogP contribution is -2.28. The minimum atomic E-state index is 0.563. The van der Waals surface area contributed by atoms with Crippen molar-refractivity contribution in [3.05, 3.63) is 5.82 Å². The van der Waals surface area contributed by atoms with Gasteiger partial charge in [0.1, 0.15) is 0 Å². The van der Waals surface area contributed by atoms with E-state index < -0.39 is 0 Å². The Hall–Kier alpha value is -1.01. The number of nitrogens with zero attached hydrogens (tertiary/aromatic N) is 5. The van der Waals surface area contributed by atoms with E-state index in [2.05, 4.69) is 32.8 Å². The second-order valence-corrected chi connectivity index (χ2v) is 4.11. The van der Waals surface area contributed by atoms with E-state index in [-0.39, 0.29) is 0 Å². The van der Waals surface area contributed by atoms with E-state index in [4.69, 9.17) is 0 Å². The Labute approximate surface area is 89.6 Å². The molecule has 2 rings (SSSR count). The maximum Gasteiger partial charge on any atom is 0.165 e. The highest BCUT2D eigenvalue weighted by Gasteiger charge is 2.27. The summed E-state index contributed by atoms with van der Waals surface area (Å²) >= 11 is 0. The zero-order valence-electron chi connectivity index (χ0n) is 9.35. The van der Waals surface area contributed by atoms with Crippen LogP contribution in [0.15, 0.2) is 0 Å². The largest absolute Gasteiger partial charge is 0.318 e. The van der Waals surface area contributed by atoms with Gasteiger partial charge in [0.15, 0.2) is 5.82 Å². The van der Waals surface area contributed by atoms with Crippen molar-refractivity contribution in [2.24, 2.45) is 0 Å². The van der Waals surface area contributed by atoms with Gasteiger partial charge in [0.2, 0.25) is 0 Å². The highest BCUT2D eigenvalue weighted by molar-refractivity contribution is 4.89. The number of aromatic nitrogens is 4. The van der Waals surface area contributed by atoms with Gasteiger partial charge in [0.25, 0.3) is 0 Å². The molecule has 1 aromatic heterocycles. The molecule has 0 spiro atoms. The molecule has 6 heteroatoms. The smallest absolute Gasteiger partial charge is 0.165 e. The first-order valence-electron chi connectivity index (χ1n) is 5.41. The molecule has 1 aliphatic carbocycles. The summed E-state index contributed by atoms with van der Waals surface area (Å²) in [4.78, 5) is 2.22. The van der Waals surface area contributed by atoms with Gasteiger partial charge in [-0.3, -0.25) is 4.90 Å². The Morgan fingerprint density at radius 3 is 3.00 bits per heavy atom. The standard InChI is InChI=1S/C9H18N6/c1-10-5-6-14(2)7-9-11-12-13-15(9)8-3-4-8/h8,10H,3-7H2,1-2H3. The molecule has 0 amide bonds. The van der Waals surface area contributed by atoms with Crippen molar-refractivity contribution >= 4 is 0 Å². The van der Waals surface area contributed by atoms with Crippen molar-refractivity contribution in [1.29, 1.82) is 0 Å². The van der Waals surface area contributed by atoms with Crippen LogP contribution in [0.5, 0.6) is 0 Å². The van der Waals surface area contributed by atoms with Crippen LogP contribution >= 0.6 is 0 Å². The van der Waals surface area contributed by atoms with Gasteiger partial charge >= 0.3 is 0 Å². The minimum absolute atomic E-state index is 0.563. The van der Waals surface area contributed by atoms with Gasteiger partial charge in [-0.1, -0.05) is 0 Å². The lowest BCUT2D eigenvalue weighted by molar-refractivity contribution is 0.311. The number of rotatable bonds is 6. The third kappa shape index (κ3) is 2.73. The molecule has 0 bridgehead atoms. The number of hydrogen-bond acceptors (Lipinski definition) is 5. The maximum absolute atomic E-state index is 4.07. The van der Waals surface area contributed by atoms with Crippen LogP contribution in [0.2, 0.25) is 0 Å². The van der Waals surface area contributed by atoms with Crippen LogP contribution in [-0.2, 0) is 6.54 Å². The summed E-state index contributed by atoms with van der Waals surface area (Å²) in [6.45, 7) is 2.82. The van der Waals surface area contributed by atoms with Gasteiger partial charge in [-0.2, -0.15) is 0 Å². The van der Waals surface area contributed by atoms with Crippen molar-refractivity contribution in [1.82, 2.24) is 30.4 Å². The van der Waals surface area contributed by atoms with E-state index >= 15 is 0 Å². The van der Waals surface area contributed by atoms with Crippen molar-refractivity contribution < 1.29 is 0 Å². The van der Waals surface area contributed by atoms with E-state index in [1.54, 1.807) is 0 Å². The second-order valence-electron chi connectivity index (χ2n) is 4.11. The minimum Gasteiger partial charge on any atom is -0.318 e. The van der Waals surface area contributed by atoms with E-state index in [9.17, 15) is 0 Å². The van der Waals surface area contributed by atoms with E-state index in [1.807, 2.05) is 11.7 Å². The summed E-state index contributed by atoms with van der Waals surface area (Å²) in [5.74, 6) is 0.983. The normalized spacial score (nSPS) is 16.2. The van der Waals surface area contributed by atoms with Crippen LogP contribution in [0, 0.1) is 0 Å². The third-order valence-corrected chi connectivity index (χ3v) is 2.61. The lowest BCUT2D eigenvalue weighted by Gasteiger charge is -2.15. The fraction of sp³-hybridized carbons (Fsp3) is 0.889. The van der Waals surface area contributed by atoms with Gasteiger partial charge in [0.05, 0.1) is 12.6 Å². The molecule has 1 aromatic rings. The molecule has 0 unspecified atom stereocenters. The predicted molar refractivity (Wildman–Crippen MR) is 56.3 cm³/mol. The van der Waals surface area contributed by atoms with E-state index in [1.165, 1.54) is 12.8 Å². The predicted octanol–water partition coefficient (Wildman–Crippen LogP) is -0.341. The molecular formula is C9H18N6. The quantitative estimate of drug-likeness (QED) is 0.696. The van der Waals surface area contributed by atoms with E-state index in [0.717, 1.165) is 25.5 Å². The van der Waals surface area contributed by atoms with Crippen LogP contribution < -0.4 is 5.32 Å². The van der Waals surface area contributed by atoms with E-state index in [0.29, 0.717) is 6.04 Å². The molecule has 15 heavy (non-hydrogen) atoms. The van der Waals surface area contributed by atoms with Crippen LogP contribution in [-0.4, -0.2) is 52.3 Å². The summed E-state index contributed by atoms with van der Waals surface area (Å²) < 4.78 is 1.97. The zero-order valence-corrected chi connectivity index (χ0v) is 9.35. The molecule has 1 heterocycles. The number of nitrogens with one attached hydrogen (secondary N) is 1. The number of likely N-dealkylation sites (N-methyl/N-ethyl adjacent to an activating group) is 2. The van der Waals surface area contributed by atoms with Crippen LogP contribution in [0.1, 0.15) is 24.7 Å². The second kappa shape index (κ2) is 4.67. The Morgan fingerprint density at radius 2 is 2.33 bits per heavy atom.